The van der Waals surface area contributed by atoms with Gasteiger partial charge in [0.05, 0.1) is 17.6 Å². The van der Waals surface area contributed by atoms with Gasteiger partial charge >= 0.3 is 6.09 Å². The second kappa shape index (κ2) is 6.43. The minimum absolute atomic E-state index is 0.0629. The van der Waals surface area contributed by atoms with Crippen molar-refractivity contribution in [3.05, 3.63) is 0 Å². The van der Waals surface area contributed by atoms with Gasteiger partial charge in [0.1, 0.15) is 6.61 Å². The lowest BCUT2D eigenvalue weighted by Gasteiger charge is -2.33. The van der Waals surface area contributed by atoms with Crippen LogP contribution in [0, 0.1) is 11.8 Å². The van der Waals surface area contributed by atoms with Crippen LogP contribution in [0.1, 0.15) is 34.6 Å². The Morgan fingerprint density at radius 3 is 2.52 bits per heavy atom. The predicted octanol–water partition coefficient (Wildman–Crippen LogP) is 0.513. The maximum absolute atomic E-state index is 12.5. The molecule has 1 heterocycles. The van der Waals surface area contributed by atoms with E-state index in [1.54, 1.807) is 0 Å². The molecule has 1 aliphatic rings. The first-order valence-corrected chi connectivity index (χ1v) is 7.04. The molecule has 2 N–H and O–H groups in total. The van der Waals surface area contributed by atoms with Crippen molar-refractivity contribution in [2.24, 2.45) is 11.8 Å². The topological polar surface area (TPSA) is 95.9 Å². The molecular weight excluding hydrogens is 276 g/mol. The molecule has 0 aromatic carbocycles. The highest BCUT2D eigenvalue weighted by molar-refractivity contribution is 5.95. The number of carbonyl (C=O) groups is 3. The van der Waals surface area contributed by atoms with Crippen molar-refractivity contribution in [1.29, 1.82) is 0 Å². The Bertz CT molecular complexity index is 433. The van der Waals surface area contributed by atoms with Gasteiger partial charge in [-0.15, -0.1) is 0 Å². The highest BCUT2D eigenvalue weighted by Gasteiger charge is 2.45. The summed E-state index contributed by atoms with van der Waals surface area (Å²) in [6.45, 7) is 8.22. The molecule has 120 valence electrons. The minimum Gasteiger partial charge on any atom is -0.447 e. The molecule has 3 atom stereocenters. The molecule has 0 spiro atoms. The lowest BCUT2D eigenvalue weighted by Crippen LogP contribution is -2.53. The van der Waals surface area contributed by atoms with Crippen LogP contribution < -0.4 is 5.32 Å². The first-order valence-electron chi connectivity index (χ1n) is 7.04. The lowest BCUT2D eigenvalue weighted by atomic mass is 9.88. The number of rotatable bonds is 5. The molecule has 0 bridgehead atoms. The Kier molecular flexibility index (Phi) is 5.33. The molecule has 0 aromatic heterocycles. The monoisotopic (exact) mass is 300 g/mol. The lowest BCUT2D eigenvalue weighted by molar-refractivity contribution is -0.142. The van der Waals surface area contributed by atoms with Crippen molar-refractivity contribution in [3.8, 4) is 0 Å². The molecule has 21 heavy (non-hydrogen) atoms. The SMILES string of the molecule is CC(=O)NC[C@@](C)(O)[C@@H](C)C(=O)N1C(=O)OC[C@@H]1C(C)C. The molecule has 0 saturated carbocycles. The summed E-state index contributed by atoms with van der Waals surface area (Å²) in [6, 6.07) is -0.330. The van der Waals surface area contributed by atoms with Crippen LogP contribution in [-0.4, -0.2) is 52.7 Å². The second-order valence-electron chi connectivity index (χ2n) is 6.09. The van der Waals surface area contributed by atoms with E-state index in [1.807, 2.05) is 13.8 Å². The average Bonchev–Trinajstić information content (AvgIpc) is 2.76. The molecule has 1 saturated heterocycles. The maximum Gasteiger partial charge on any atom is 0.416 e. The van der Waals surface area contributed by atoms with Crippen LogP contribution in [0.25, 0.3) is 0 Å². The number of cyclic esters (lactones) is 1. The third-order valence-corrected chi connectivity index (χ3v) is 3.91. The van der Waals surface area contributed by atoms with Crippen LogP contribution >= 0.6 is 0 Å². The molecule has 0 aromatic rings. The van der Waals surface area contributed by atoms with Crippen molar-refractivity contribution >= 4 is 17.9 Å². The number of nitrogens with one attached hydrogen (secondary N) is 1. The molecule has 7 heteroatoms. The van der Waals surface area contributed by atoms with Gasteiger partial charge in [-0.1, -0.05) is 20.8 Å². The number of aliphatic hydroxyl groups is 1. The number of hydrogen-bond donors (Lipinski definition) is 2. The van der Waals surface area contributed by atoms with Crippen molar-refractivity contribution in [1.82, 2.24) is 10.2 Å². The zero-order chi connectivity index (χ0) is 16.4. The van der Waals surface area contributed by atoms with Gasteiger partial charge in [-0.25, -0.2) is 9.69 Å². The van der Waals surface area contributed by atoms with Crippen molar-refractivity contribution < 1.29 is 24.2 Å². The molecular formula is C14H24N2O5. The summed E-state index contributed by atoms with van der Waals surface area (Å²) in [4.78, 5) is 36.3. The van der Waals surface area contributed by atoms with E-state index in [-0.39, 0.29) is 31.0 Å². The molecule has 1 fully saturated rings. The Morgan fingerprint density at radius 1 is 1.48 bits per heavy atom. The smallest absolute Gasteiger partial charge is 0.416 e. The molecule has 7 nitrogen and oxygen atoms in total. The van der Waals surface area contributed by atoms with Crippen molar-refractivity contribution in [2.75, 3.05) is 13.2 Å². The van der Waals surface area contributed by atoms with E-state index in [1.165, 1.54) is 20.8 Å². The summed E-state index contributed by atoms with van der Waals surface area (Å²) in [5.41, 5.74) is -1.45. The van der Waals surface area contributed by atoms with Crippen LogP contribution in [0.15, 0.2) is 0 Å². The Hall–Kier alpha value is -1.63. The van der Waals surface area contributed by atoms with Crippen LogP contribution in [0.3, 0.4) is 0 Å². The zero-order valence-electron chi connectivity index (χ0n) is 13.2. The summed E-state index contributed by atoms with van der Waals surface area (Å²) in [6.07, 6.45) is -0.680. The number of hydrogen-bond acceptors (Lipinski definition) is 5. The van der Waals surface area contributed by atoms with Gasteiger partial charge in [0.2, 0.25) is 11.8 Å². The number of carbonyl (C=O) groups excluding carboxylic acids is 3. The number of imide groups is 1. The third kappa shape index (κ3) is 3.93. The normalized spacial score (nSPS) is 22.7. The van der Waals surface area contributed by atoms with Gasteiger partial charge < -0.3 is 15.2 Å². The van der Waals surface area contributed by atoms with Gasteiger partial charge in [-0.2, -0.15) is 0 Å². The first-order chi connectivity index (χ1) is 9.58. The summed E-state index contributed by atoms with van der Waals surface area (Å²) < 4.78 is 4.94. The van der Waals surface area contributed by atoms with Gasteiger partial charge in [-0.05, 0) is 12.8 Å². The summed E-state index contributed by atoms with van der Waals surface area (Å²) >= 11 is 0. The summed E-state index contributed by atoms with van der Waals surface area (Å²) in [5.74, 6) is -1.58. The van der Waals surface area contributed by atoms with Gasteiger partial charge in [0.15, 0.2) is 0 Å². The van der Waals surface area contributed by atoms with E-state index < -0.39 is 23.5 Å². The van der Waals surface area contributed by atoms with Gasteiger partial charge in [-0.3, -0.25) is 9.59 Å². The van der Waals surface area contributed by atoms with Crippen molar-refractivity contribution in [2.45, 2.75) is 46.3 Å². The summed E-state index contributed by atoms with van der Waals surface area (Å²) in [7, 11) is 0. The standard InChI is InChI=1S/C14H24N2O5/c1-8(2)11-6-21-13(19)16(11)12(18)9(3)14(5,20)7-15-10(4)17/h8-9,11,20H,6-7H2,1-5H3,(H,15,17)/t9-,11+,14+/m0/s1. The first kappa shape index (κ1) is 17.4. The zero-order valence-corrected chi connectivity index (χ0v) is 13.2. The third-order valence-electron chi connectivity index (χ3n) is 3.91. The summed E-state index contributed by atoms with van der Waals surface area (Å²) in [5, 5.41) is 12.8. The fourth-order valence-electron chi connectivity index (χ4n) is 2.11. The van der Waals surface area contributed by atoms with E-state index in [2.05, 4.69) is 5.32 Å². The molecule has 3 amide bonds. The number of ether oxygens (including phenoxy) is 1. The quantitative estimate of drug-likeness (QED) is 0.771. The highest BCUT2D eigenvalue weighted by Crippen LogP contribution is 2.26. The highest BCUT2D eigenvalue weighted by atomic mass is 16.6. The van der Waals surface area contributed by atoms with E-state index >= 15 is 0 Å². The molecule has 0 unspecified atom stereocenters. The fourth-order valence-corrected chi connectivity index (χ4v) is 2.11. The van der Waals surface area contributed by atoms with Crippen molar-refractivity contribution in [3.63, 3.8) is 0 Å². The Morgan fingerprint density at radius 2 is 2.05 bits per heavy atom. The van der Waals surface area contributed by atoms with Crippen LogP contribution in [0.4, 0.5) is 4.79 Å². The second-order valence-corrected chi connectivity index (χ2v) is 6.09. The molecule has 0 aliphatic carbocycles. The largest absolute Gasteiger partial charge is 0.447 e. The van der Waals surface area contributed by atoms with E-state index in [4.69, 9.17) is 4.74 Å². The minimum atomic E-state index is -1.45. The van der Waals surface area contributed by atoms with E-state index in [0.717, 1.165) is 4.90 Å². The maximum atomic E-state index is 12.5. The van der Waals surface area contributed by atoms with E-state index in [0.29, 0.717) is 0 Å². The Labute approximate surface area is 124 Å². The van der Waals surface area contributed by atoms with Crippen LogP contribution in [0.5, 0.6) is 0 Å². The number of nitrogens with zero attached hydrogens (tertiary/aromatic N) is 1. The average molecular weight is 300 g/mol. The van der Waals surface area contributed by atoms with E-state index in [9.17, 15) is 19.5 Å². The molecule has 1 aliphatic heterocycles. The van der Waals surface area contributed by atoms with Crippen LogP contribution in [-0.2, 0) is 14.3 Å². The molecule has 1 rings (SSSR count). The fraction of sp³-hybridized carbons (Fsp3) is 0.786. The van der Waals surface area contributed by atoms with Crippen LogP contribution in [0.2, 0.25) is 0 Å². The molecule has 0 radical (unpaired) electrons. The van der Waals surface area contributed by atoms with Gasteiger partial charge in [0.25, 0.3) is 0 Å². The Balaban J connectivity index is 2.85. The van der Waals surface area contributed by atoms with Gasteiger partial charge in [0, 0.05) is 13.5 Å². The predicted molar refractivity (Wildman–Crippen MR) is 75.3 cm³/mol. The number of amides is 3.